The SMILES string of the molecule is COc1ccc(CCN(C)C(=O)C2CCN(Cc3ccccc3O)CC2)cc1OC. The molecule has 1 saturated heterocycles. The van der Waals surface area contributed by atoms with Crippen molar-refractivity contribution in [3.63, 3.8) is 0 Å². The Labute approximate surface area is 179 Å². The number of hydrogen-bond donors (Lipinski definition) is 1. The second kappa shape index (κ2) is 10.3. The van der Waals surface area contributed by atoms with Crippen LogP contribution in [0.1, 0.15) is 24.0 Å². The van der Waals surface area contributed by atoms with E-state index in [2.05, 4.69) is 4.90 Å². The molecule has 1 amide bonds. The van der Waals surface area contributed by atoms with Crippen LogP contribution in [0.3, 0.4) is 0 Å². The largest absolute Gasteiger partial charge is 0.508 e. The first kappa shape index (κ1) is 22.0. The van der Waals surface area contributed by atoms with E-state index in [1.165, 1.54) is 0 Å². The third-order valence-electron chi connectivity index (χ3n) is 5.88. The van der Waals surface area contributed by atoms with Crippen molar-refractivity contribution >= 4 is 5.91 Å². The minimum absolute atomic E-state index is 0.0704. The summed E-state index contributed by atoms with van der Waals surface area (Å²) in [6, 6.07) is 13.3. The highest BCUT2D eigenvalue weighted by atomic mass is 16.5. The predicted molar refractivity (Wildman–Crippen MR) is 117 cm³/mol. The van der Waals surface area contributed by atoms with Crippen LogP contribution in [0.2, 0.25) is 0 Å². The highest BCUT2D eigenvalue weighted by Crippen LogP contribution is 2.28. The summed E-state index contributed by atoms with van der Waals surface area (Å²) in [6.45, 7) is 3.14. The number of carbonyl (C=O) groups is 1. The maximum atomic E-state index is 12.9. The van der Waals surface area contributed by atoms with Gasteiger partial charge in [0.25, 0.3) is 0 Å². The Balaban J connectivity index is 1.47. The van der Waals surface area contributed by atoms with Crippen LogP contribution in [-0.2, 0) is 17.8 Å². The average Bonchev–Trinajstić information content (AvgIpc) is 2.78. The van der Waals surface area contributed by atoms with E-state index in [0.717, 1.165) is 50.0 Å². The van der Waals surface area contributed by atoms with Gasteiger partial charge in [0.2, 0.25) is 5.91 Å². The molecule has 1 aliphatic heterocycles. The summed E-state index contributed by atoms with van der Waals surface area (Å²) in [7, 11) is 5.14. The number of para-hydroxylation sites is 1. The van der Waals surface area contributed by atoms with E-state index >= 15 is 0 Å². The van der Waals surface area contributed by atoms with Crippen LogP contribution >= 0.6 is 0 Å². The van der Waals surface area contributed by atoms with Crippen molar-refractivity contribution in [3.8, 4) is 17.2 Å². The normalized spacial score (nSPS) is 15.0. The number of carbonyl (C=O) groups excluding carboxylic acids is 1. The molecule has 6 nitrogen and oxygen atoms in total. The van der Waals surface area contributed by atoms with E-state index < -0.39 is 0 Å². The highest BCUT2D eigenvalue weighted by Gasteiger charge is 2.27. The zero-order chi connectivity index (χ0) is 21.5. The number of benzene rings is 2. The van der Waals surface area contributed by atoms with Crippen LogP contribution in [-0.4, -0.2) is 61.7 Å². The van der Waals surface area contributed by atoms with Crippen molar-refractivity contribution in [2.75, 3.05) is 40.9 Å². The number of phenolic OH excluding ortho intramolecular Hbond substituents is 1. The molecular weight excluding hydrogens is 380 g/mol. The molecule has 0 atom stereocenters. The van der Waals surface area contributed by atoms with Gasteiger partial charge in [-0.15, -0.1) is 0 Å². The summed E-state index contributed by atoms with van der Waals surface area (Å²) in [5.74, 6) is 2.05. The number of amides is 1. The van der Waals surface area contributed by atoms with Gasteiger partial charge < -0.3 is 19.5 Å². The molecule has 1 N–H and O–H groups in total. The molecule has 1 fully saturated rings. The lowest BCUT2D eigenvalue weighted by atomic mass is 9.95. The maximum absolute atomic E-state index is 12.9. The van der Waals surface area contributed by atoms with Gasteiger partial charge in [-0.3, -0.25) is 9.69 Å². The van der Waals surface area contributed by atoms with Crippen LogP contribution < -0.4 is 9.47 Å². The van der Waals surface area contributed by atoms with Crippen LogP contribution in [0, 0.1) is 5.92 Å². The lowest BCUT2D eigenvalue weighted by Gasteiger charge is -2.33. The van der Waals surface area contributed by atoms with Crippen LogP contribution in [0.25, 0.3) is 0 Å². The third-order valence-corrected chi connectivity index (χ3v) is 5.88. The van der Waals surface area contributed by atoms with Crippen molar-refractivity contribution in [1.82, 2.24) is 9.80 Å². The minimum Gasteiger partial charge on any atom is -0.508 e. The molecule has 1 heterocycles. The Morgan fingerprint density at radius 3 is 2.47 bits per heavy atom. The molecule has 0 aliphatic carbocycles. The van der Waals surface area contributed by atoms with Gasteiger partial charge in [0.15, 0.2) is 11.5 Å². The van der Waals surface area contributed by atoms with E-state index in [-0.39, 0.29) is 11.8 Å². The molecule has 0 aromatic heterocycles. The van der Waals surface area contributed by atoms with E-state index in [4.69, 9.17) is 9.47 Å². The first-order valence-corrected chi connectivity index (χ1v) is 10.5. The fourth-order valence-corrected chi connectivity index (χ4v) is 3.98. The summed E-state index contributed by atoms with van der Waals surface area (Å²) in [4.78, 5) is 17.0. The number of phenols is 1. The van der Waals surface area contributed by atoms with Gasteiger partial charge in [0, 0.05) is 31.6 Å². The number of aromatic hydroxyl groups is 1. The maximum Gasteiger partial charge on any atom is 0.225 e. The topological polar surface area (TPSA) is 62.2 Å². The number of piperidine rings is 1. The quantitative estimate of drug-likeness (QED) is 0.721. The van der Waals surface area contributed by atoms with E-state index in [9.17, 15) is 9.90 Å². The Morgan fingerprint density at radius 2 is 1.80 bits per heavy atom. The molecule has 1 aliphatic rings. The molecule has 0 unspecified atom stereocenters. The zero-order valence-electron chi connectivity index (χ0n) is 18.1. The molecule has 0 spiro atoms. The Kier molecular flexibility index (Phi) is 7.57. The third kappa shape index (κ3) is 5.45. The van der Waals surface area contributed by atoms with Crippen molar-refractivity contribution in [2.45, 2.75) is 25.8 Å². The summed E-state index contributed by atoms with van der Waals surface area (Å²) < 4.78 is 10.6. The van der Waals surface area contributed by atoms with Gasteiger partial charge in [0.1, 0.15) is 5.75 Å². The number of methoxy groups -OCH3 is 2. The monoisotopic (exact) mass is 412 g/mol. The second-order valence-corrected chi connectivity index (χ2v) is 7.88. The van der Waals surface area contributed by atoms with Crippen molar-refractivity contribution in [3.05, 3.63) is 53.6 Å². The summed E-state index contributed by atoms with van der Waals surface area (Å²) in [5, 5.41) is 9.97. The number of ether oxygens (including phenoxy) is 2. The predicted octanol–water partition coefficient (Wildman–Crippen LogP) is 3.32. The molecule has 3 rings (SSSR count). The van der Waals surface area contributed by atoms with Crippen molar-refractivity contribution < 1.29 is 19.4 Å². The summed E-state index contributed by atoms with van der Waals surface area (Å²) in [5.41, 5.74) is 2.05. The van der Waals surface area contributed by atoms with Gasteiger partial charge in [-0.25, -0.2) is 0 Å². The van der Waals surface area contributed by atoms with E-state index in [1.54, 1.807) is 20.3 Å². The van der Waals surface area contributed by atoms with Gasteiger partial charge >= 0.3 is 0 Å². The lowest BCUT2D eigenvalue weighted by molar-refractivity contribution is -0.135. The summed E-state index contributed by atoms with van der Waals surface area (Å²) in [6.07, 6.45) is 2.48. The Morgan fingerprint density at radius 1 is 1.10 bits per heavy atom. The van der Waals surface area contributed by atoms with E-state index in [1.807, 2.05) is 48.3 Å². The second-order valence-electron chi connectivity index (χ2n) is 7.88. The van der Waals surface area contributed by atoms with Crippen LogP contribution in [0.4, 0.5) is 0 Å². The molecule has 2 aromatic rings. The average molecular weight is 413 g/mol. The molecule has 0 bridgehead atoms. The number of nitrogens with zero attached hydrogens (tertiary/aromatic N) is 2. The smallest absolute Gasteiger partial charge is 0.225 e. The van der Waals surface area contributed by atoms with Gasteiger partial charge in [0.05, 0.1) is 14.2 Å². The Bertz CT molecular complexity index is 847. The molecule has 162 valence electrons. The zero-order valence-corrected chi connectivity index (χ0v) is 18.1. The molecular formula is C24H32N2O4. The standard InChI is InChI=1S/C24H32N2O4/c1-25(13-10-18-8-9-22(29-2)23(16-18)30-3)24(28)19-11-14-26(15-12-19)17-20-6-4-5-7-21(20)27/h4-9,16,19,27H,10-15,17H2,1-3H3. The molecule has 30 heavy (non-hydrogen) atoms. The molecule has 0 saturated carbocycles. The van der Waals surface area contributed by atoms with Gasteiger partial charge in [-0.05, 0) is 56.1 Å². The van der Waals surface area contributed by atoms with Crippen molar-refractivity contribution in [1.29, 1.82) is 0 Å². The summed E-state index contributed by atoms with van der Waals surface area (Å²) >= 11 is 0. The van der Waals surface area contributed by atoms with Crippen LogP contribution in [0.5, 0.6) is 17.2 Å². The molecule has 2 aromatic carbocycles. The lowest BCUT2D eigenvalue weighted by Crippen LogP contribution is -2.41. The highest BCUT2D eigenvalue weighted by molar-refractivity contribution is 5.78. The first-order valence-electron chi connectivity index (χ1n) is 10.5. The Hall–Kier alpha value is -2.73. The number of rotatable bonds is 8. The van der Waals surface area contributed by atoms with Crippen LogP contribution in [0.15, 0.2) is 42.5 Å². The fraction of sp³-hybridized carbons (Fsp3) is 0.458. The number of likely N-dealkylation sites (tertiary alicyclic amines) is 1. The van der Waals surface area contributed by atoms with Gasteiger partial charge in [-0.1, -0.05) is 24.3 Å². The number of hydrogen-bond acceptors (Lipinski definition) is 5. The van der Waals surface area contributed by atoms with Gasteiger partial charge in [-0.2, -0.15) is 0 Å². The fourth-order valence-electron chi connectivity index (χ4n) is 3.98. The van der Waals surface area contributed by atoms with E-state index in [0.29, 0.717) is 23.8 Å². The number of likely N-dealkylation sites (N-methyl/N-ethyl adjacent to an activating group) is 1. The molecule has 6 heteroatoms. The molecule has 0 radical (unpaired) electrons. The van der Waals surface area contributed by atoms with Crippen molar-refractivity contribution in [2.24, 2.45) is 5.92 Å². The first-order chi connectivity index (χ1) is 14.5. The minimum atomic E-state index is 0.0704.